The second kappa shape index (κ2) is 5.06. The lowest BCUT2D eigenvalue weighted by molar-refractivity contribution is -0.148. The number of aromatic nitrogens is 2. The topological polar surface area (TPSA) is 82.7 Å². The van der Waals surface area contributed by atoms with Crippen LogP contribution < -0.4 is 0 Å². The number of carboxylic acids is 1. The first-order chi connectivity index (χ1) is 9.90. The number of nitrogens with zero attached hydrogens (tertiary/aromatic N) is 4. The van der Waals surface area contributed by atoms with Gasteiger partial charge in [0, 0.05) is 38.0 Å². The van der Waals surface area contributed by atoms with E-state index in [-0.39, 0.29) is 11.8 Å². The van der Waals surface area contributed by atoms with Crippen molar-refractivity contribution in [2.45, 2.75) is 26.3 Å². The smallest absolute Gasteiger partial charge is 0.312 e. The van der Waals surface area contributed by atoms with Gasteiger partial charge in [-0.3, -0.25) is 9.69 Å². The lowest BCUT2D eigenvalue weighted by Crippen LogP contribution is -2.40. The predicted octanol–water partition coefficient (Wildman–Crippen LogP) is 0.641. The summed E-state index contributed by atoms with van der Waals surface area (Å²) in [6, 6.07) is 0. The summed E-state index contributed by atoms with van der Waals surface area (Å²) in [5.74, 6) is 0.986. The normalized spacial score (nSPS) is 30.2. The van der Waals surface area contributed by atoms with Crippen LogP contribution >= 0.6 is 0 Å². The zero-order chi connectivity index (χ0) is 15.2. The van der Waals surface area contributed by atoms with E-state index in [4.69, 9.17) is 4.52 Å². The molecule has 2 saturated heterocycles. The minimum Gasteiger partial charge on any atom is -0.481 e. The van der Waals surface area contributed by atoms with Crippen LogP contribution in [0.1, 0.15) is 31.5 Å². The van der Waals surface area contributed by atoms with Gasteiger partial charge in [0.05, 0.1) is 12.0 Å². The van der Waals surface area contributed by atoms with Crippen LogP contribution in [0.5, 0.6) is 0 Å². The van der Waals surface area contributed by atoms with Gasteiger partial charge in [0.15, 0.2) is 5.82 Å². The molecule has 2 aliphatic rings. The largest absolute Gasteiger partial charge is 0.481 e. The molecule has 0 bridgehead atoms. The molecule has 3 rings (SSSR count). The molecule has 2 aliphatic heterocycles. The first-order valence-corrected chi connectivity index (χ1v) is 7.37. The average molecular weight is 294 g/mol. The highest BCUT2D eigenvalue weighted by atomic mass is 16.5. The van der Waals surface area contributed by atoms with Crippen LogP contribution in [0.2, 0.25) is 0 Å². The van der Waals surface area contributed by atoms with Gasteiger partial charge in [0.2, 0.25) is 5.89 Å². The molecule has 7 nitrogen and oxygen atoms in total. The number of carbonyl (C=O) groups is 1. The molecule has 1 aromatic heterocycles. The van der Waals surface area contributed by atoms with E-state index in [1.54, 1.807) is 0 Å². The highest BCUT2D eigenvalue weighted by molar-refractivity contribution is 5.77. The summed E-state index contributed by atoms with van der Waals surface area (Å²) < 4.78 is 5.21. The minimum absolute atomic E-state index is 0.177. The van der Waals surface area contributed by atoms with Gasteiger partial charge in [0.25, 0.3) is 0 Å². The van der Waals surface area contributed by atoms with Gasteiger partial charge >= 0.3 is 5.97 Å². The van der Waals surface area contributed by atoms with Gasteiger partial charge in [0.1, 0.15) is 0 Å². The molecule has 0 unspecified atom stereocenters. The number of likely N-dealkylation sites (tertiary alicyclic amines) is 2. The van der Waals surface area contributed by atoms with Crippen molar-refractivity contribution >= 4 is 5.97 Å². The highest BCUT2D eigenvalue weighted by Crippen LogP contribution is 2.42. The maximum atomic E-state index is 11.7. The molecule has 1 aromatic rings. The average Bonchev–Trinajstić information content (AvgIpc) is 3.02. The van der Waals surface area contributed by atoms with Crippen molar-refractivity contribution in [3.05, 3.63) is 11.7 Å². The van der Waals surface area contributed by atoms with Crippen LogP contribution in [-0.2, 0) is 11.3 Å². The second-order valence-corrected chi connectivity index (χ2v) is 6.73. The molecule has 0 amide bonds. The summed E-state index contributed by atoms with van der Waals surface area (Å²) >= 11 is 0. The van der Waals surface area contributed by atoms with Crippen molar-refractivity contribution in [1.29, 1.82) is 0 Å². The van der Waals surface area contributed by atoms with E-state index in [0.717, 1.165) is 13.1 Å². The van der Waals surface area contributed by atoms with E-state index < -0.39 is 11.4 Å². The van der Waals surface area contributed by atoms with Crippen LogP contribution in [0, 0.1) is 11.3 Å². The predicted molar refractivity (Wildman–Crippen MR) is 74.7 cm³/mol. The first-order valence-electron chi connectivity index (χ1n) is 7.37. The first kappa shape index (κ1) is 14.5. The van der Waals surface area contributed by atoms with Crippen LogP contribution in [0.15, 0.2) is 4.52 Å². The molecule has 0 saturated carbocycles. The molecule has 0 radical (unpaired) electrons. The Hall–Kier alpha value is -1.47. The third-order valence-corrected chi connectivity index (χ3v) is 4.62. The number of carboxylic acid groups (broad SMARTS) is 1. The van der Waals surface area contributed by atoms with Crippen molar-refractivity contribution in [2.24, 2.45) is 11.3 Å². The molecule has 116 valence electrons. The fraction of sp³-hybridized carbons (Fsp3) is 0.786. The van der Waals surface area contributed by atoms with E-state index >= 15 is 0 Å². The molecule has 21 heavy (non-hydrogen) atoms. The summed E-state index contributed by atoms with van der Waals surface area (Å²) in [5.41, 5.74) is -0.640. The third-order valence-electron chi connectivity index (χ3n) is 4.62. The highest BCUT2D eigenvalue weighted by Gasteiger charge is 2.56. The third kappa shape index (κ3) is 2.44. The number of hydrogen-bond acceptors (Lipinski definition) is 6. The summed E-state index contributed by atoms with van der Waals surface area (Å²) in [6.45, 7) is 7.37. The van der Waals surface area contributed by atoms with Crippen molar-refractivity contribution in [2.75, 3.05) is 33.2 Å². The number of rotatable bonds is 4. The van der Waals surface area contributed by atoms with E-state index in [1.807, 2.05) is 20.9 Å². The number of hydrogen-bond donors (Lipinski definition) is 1. The van der Waals surface area contributed by atoms with Crippen molar-refractivity contribution < 1.29 is 14.4 Å². The zero-order valence-corrected chi connectivity index (χ0v) is 12.7. The van der Waals surface area contributed by atoms with Gasteiger partial charge in [-0.15, -0.1) is 0 Å². The van der Waals surface area contributed by atoms with E-state index in [9.17, 15) is 9.90 Å². The molecule has 0 aliphatic carbocycles. The summed E-state index contributed by atoms with van der Waals surface area (Å²) in [7, 11) is 1.99. The number of fused-ring (bicyclic) bond motifs is 1. The van der Waals surface area contributed by atoms with E-state index in [0.29, 0.717) is 31.3 Å². The summed E-state index contributed by atoms with van der Waals surface area (Å²) in [6.07, 6.45) is 0. The van der Waals surface area contributed by atoms with Gasteiger partial charge in [-0.25, -0.2) is 0 Å². The lowest BCUT2D eigenvalue weighted by Gasteiger charge is -2.23. The molecule has 0 aromatic carbocycles. The van der Waals surface area contributed by atoms with Crippen LogP contribution in [-0.4, -0.2) is 64.2 Å². The Balaban J connectivity index is 1.70. The molecule has 2 atom stereocenters. The quantitative estimate of drug-likeness (QED) is 0.872. The Morgan fingerprint density at radius 3 is 2.81 bits per heavy atom. The van der Waals surface area contributed by atoms with Gasteiger partial charge in [-0.05, 0) is 7.05 Å². The van der Waals surface area contributed by atoms with Gasteiger partial charge < -0.3 is 14.5 Å². The van der Waals surface area contributed by atoms with E-state index in [1.165, 1.54) is 0 Å². The van der Waals surface area contributed by atoms with Gasteiger partial charge in [-0.2, -0.15) is 4.98 Å². The second-order valence-electron chi connectivity index (χ2n) is 6.73. The van der Waals surface area contributed by atoms with Crippen molar-refractivity contribution in [3.8, 4) is 0 Å². The Morgan fingerprint density at radius 1 is 1.48 bits per heavy atom. The van der Waals surface area contributed by atoms with Crippen molar-refractivity contribution in [3.63, 3.8) is 0 Å². The maximum absolute atomic E-state index is 11.7. The van der Waals surface area contributed by atoms with Crippen LogP contribution in [0.3, 0.4) is 0 Å². The molecule has 0 spiro atoms. The Morgan fingerprint density at radius 2 is 2.24 bits per heavy atom. The molecule has 7 heteroatoms. The Bertz CT molecular complexity index is 544. The molecule has 3 heterocycles. The fourth-order valence-electron chi connectivity index (χ4n) is 3.61. The van der Waals surface area contributed by atoms with E-state index in [2.05, 4.69) is 19.9 Å². The van der Waals surface area contributed by atoms with Crippen molar-refractivity contribution in [1.82, 2.24) is 19.9 Å². The summed E-state index contributed by atoms with van der Waals surface area (Å²) in [4.78, 5) is 20.4. The SMILES string of the molecule is CC(C)c1nc(CN2C[C@H]3CN(C)C[C@@]3(C(=O)O)C2)no1. The van der Waals surface area contributed by atoms with Gasteiger partial charge in [-0.1, -0.05) is 19.0 Å². The standard InChI is InChI=1S/C14H22N4O3/c1-9(2)12-15-11(16-21-12)6-18-5-10-4-17(3)7-14(10,8-18)13(19)20/h9-10H,4-8H2,1-3H3,(H,19,20)/t10-,14-/m1/s1. The number of aliphatic carboxylic acids is 1. The molecule has 1 N–H and O–H groups in total. The lowest BCUT2D eigenvalue weighted by atomic mass is 9.81. The maximum Gasteiger partial charge on any atom is 0.312 e. The van der Waals surface area contributed by atoms with Crippen LogP contribution in [0.25, 0.3) is 0 Å². The monoisotopic (exact) mass is 294 g/mol. The minimum atomic E-state index is -0.685. The zero-order valence-electron chi connectivity index (χ0n) is 12.7. The molecular weight excluding hydrogens is 272 g/mol. The van der Waals surface area contributed by atoms with Crippen LogP contribution in [0.4, 0.5) is 0 Å². The Labute approximate surface area is 123 Å². The Kier molecular flexibility index (Phi) is 3.49. The molecular formula is C14H22N4O3. The summed E-state index contributed by atoms with van der Waals surface area (Å²) in [5, 5.41) is 13.6. The molecule has 2 fully saturated rings. The fourth-order valence-corrected chi connectivity index (χ4v) is 3.61.